The van der Waals surface area contributed by atoms with Gasteiger partial charge in [0.15, 0.2) is 0 Å². The molecule has 0 aromatic heterocycles. The van der Waals surface area contributed by atoms with E-state index in [1.807, 2.05) is 0 Å². The molecule has 0 aromatic carbocycles. The summed E-state index contributed by atoms with van der Waals surface area (Å²) in [5.74, 6) is 0. The molecule has 1 atom stereocenters. The third-order valence-electron chi connectivity index (χ3n) is 0.318. The fourth-order valence-electron chi connectivity index (χ4n) is 0. The van der Waals surface area contributed by atoms with Crippen LogP contribution in [0, 0.1) is 4.78 Å². The van der Waals surface area contributed by atoms with Crippen molar-refractivity contribution in [1.82, 2.24) is 0 Å². The van der Waals surface area contributed by atoms with Gasteiger partial charge in [-0.25, -0.2) is 8.99 Å². The van der Waals surface area contributed by atoms with Crippen molar-refractivity contribution in [2.24, 2.45) is 0 Å². The standard InChI is InChI=1S/C3H7NOS/c1-3-6(2,4)5/h3-4H,1H2,2H3. The largest absolute Gasteiger partial charge is 0.250 e. The van der Waals surface area contributed by atoms with Crippen molar-refractivity contribution in [3.05, 3.63) is 12.0 Å². The zero-order valence-corrected chi connectivity index (χ0v) is 4.42. The van der Waals surface area contributed by atoms with Crippen molar-refractivity contribution >= 4 is 9.73 Å². The van der Waals surface area contributed by atoms with E-state index in [1.54, 1.807) is 0 Å². The number of rotatable bonds is 1. The molecule has 0 fully saturated rings. The van der Waals surface area contributed by atoms with Gasteiger partial charge in [-0.15, -0.1) is 0 Å². The van der Waals surface area contributed by atoms with Crippen molar-refractivity contribution < 1.29 is 4.21 Å². The second-order valence-corrected chi connectivity index (χ2v) is 3.21. The lowest BCUT2D eigenvalue weighted by atomic mass is 11.3. The summed E-state index contributed by atoms with van der Waals surface area (Å²) >= 11 is 0. The number of hydrogen-bond donors (Lipinski definition) is 1. The van der Waals surface area contributed by atoms with Crippen LogP contribution in [-0.2, 0) is 9.73 Å². The van der Waals surface area contributed by atoms with Gasteiger partial charge in [-0.2, -0.15) is 0 Å². The Balaban J connectivity index is 4.25. The van der Waals surface area contributed by atoms with Gasteiger partial charge in [-0.3, -0.25) is 0 Å². The molecule has 36 valence electrons. The van der Waals surface area contributed by atoms with Gasteiger partial charge in [0.2, 0.25) is 0 Å². The molecule has 2 nitrogen and oxygen atoms in total. The molecule has 0 bridgehead atoms. The minimum atomic E-state index is -2.40. The molecule has 1 unspecified atom stereocenters. The number of hydrogen-bond acceptors (Lipinski definition) is 2. The highest BCUT2D eigenvalue weighted by atomic mass is 32.2. The normalized spacial score (nSPS) is 18.8. The van der Waals surface area contributed by atoms with Crippen LogP contribution in [0.3, 0.4) is 0 Å². The van der Waals surface area contributed by atoms with E-state index in [9.17, 15) is 4.21 Å². The lowest BCUT2D eigenvalue weighted by Gasteiger charge is -1.80. The van der Waals surface area contributed by atoms with E-state index in [2.05, 4.69) is 6.58 Å². The molecule has 0 aromatic rings. The molecule has 0 spiro atoms. The van der Waals surface area contributed by atoms with Crippen molar-refractivity contribution in [2.45, 2.75) is 0 Å². The summed E-state index contributed by atoms with van der Waals surface area (Å²) in [6.45, 7) is 3.17. The Labute approximate surface area is 37.8 Å². The predicted molar refractivity (Wildman–Crippen MR) is 27.0 cm³/mol. The zero-order chi connectivity index (χ0) is 5.21. The molecule has 0 saturated heterocycles. The first-order valence-corrected chi connectivity index (χ1v) is 3.45. The minimum absolute atomic E-state index is 1.13. The van der Waals surface area contributed by atoms with Gasteiger partial charge in [0.25, 0.3) is 0 Å². The maximum atomic E-state index is 10.1. The summed E-state index contributed by atoms with van der Waals surface area (Å²) in [6, 6.07) is 0. The molecule has 0 amide bonds. The topological polar surface area (TPSA) is 40.9 Å². The monoisotopic (exact) mass is 105 g/mol. The van der Waals surface area contributed by atoms with E-state index in [4.69, 9.17) is 4.78 Å². The molecular formula is C3H7NOS. The molecule has 0 aliphatic heterocycles. The fourth-order valence-corrected chi connectivity index (χ4v) is 0. The molecule has 0 aliphatic carbocycles. The molecule has 0 radical (unpaired) electrons. The molecule has 0 saturated carbocycles. The van der Waals surface area contributed by atoms with E-state index >= 15 is 0 Å². The highest BCUT2D eigenvalue weighted by Gasteiger charge is 1.79. The summed E-state index contributed by atoms with van der Waals surface area (Å²) in [6.07, 6.45) is 1.32. The van der Waals surface area contributed by atoms with Gasteiger partial charge in [0, 0.05) is 11.7 Å². The van der Waals surface area contributed by atoms with Crippen LogP contribution in [0.4, 0.5) is 0 Å². The van der Waals surface area contributed by atoms with E-state index in [1.165, 1.54) is 6.26 Å². The molecule has 3 heteroatoms. The van der Waals surface area contributed by atoms with Crippen molar-refractivity contribution in [2.75, 3.05) is 6.26 Å². The third kappa shape index (κ3) is 3.69. The van der Waals surface area contributed by atoms with Crippen LogP contribution in [0.5, 0.6) is 0 Å². The molecule has 0 heterocycles. The Morgan fingerprint density at radius 1 is 2.00 bits per heavy atom. The first-order valence-electron chi connectivity index (χ1n) is 1.42. The smallest absolute Gasteiger partial charge is 0.0622 e. The van der Waals surface area contributed by atoms with Crippen LogP contribution < -0.4 is 0 Å². The summed E-state index contributed by atoms with van der Waals surface area (Å²) < 4.78 is 16.7. The first kappa shape index (κ1) is 5.69. The Morgan fingerprint density at radius 3 is 2.17 bits per heavy atom. The predicted octanol–water partition coefficient (Wildman–Crippen LogP) is 0.806. The van der Waals surface area contributed by atoms with Gasteiger partial charge >= 0.3 is 0 Å². The quantitative estimate of drug-likeness (QED) is 0.526. The first-order chi connectivity index (χ1) is 2.56. The summed E-state index contributed by atoms with van der Waals surface area (Å²) in [5, 5.41) is 1.13. The summed E-state index contributed by atoms with van der Waals surface area (Å²) in [5.41, 5.74) is 0. The van der Waals surface area contributed by atoms with E-state index < -0.39 is 9.73 Å². The second-order valence-electron chi connectivity index (χ2n) is 1.07. The SMILES string of the molecule is C=CS(C)(=N)=O. The van der Waals surface area contributed by atoms with Gasteiger partial charge in [-0.05, 0) is 0 Å². The van der Waals surface area contributed by atoms with E-state index in [0.29, 0.717) is 0 Å². The third-order valence-corrected chi connectivity index (χ3v) is 0.954. The summed E-state index contributed by atoms with van der Waals surface area (Å²) in [7, 11) is -2.40. The van der Waals surface area contributed by atoms with Crippen molar-refractivity contribution in [1.29, 1.82) is 4.78 Å². The number of nitrogens with one attached hydrogen (secondary N) is 1. The van der Waals surface area contributed by atoms with Crippen molar-refractivity contribution in [3.63, 3.8) is 0 Å². The highest BCUT2D eigenvalue weighted by molar-refractivity contribution is 7.94. The van der Waals surface area contributed by atoms with Gasteiger partial charge in [-0.1, -0.05) is 6.58 Å². The summed E-state index contributed by atoms with van der Waals surface area (Å²) in [4.78, 5) is 0. The van der Waals surface area contributed by atoms with Crippen LogP contribution >= 0.6 is 0 Å². The Hall–Kier alpha value is -0.310. The van der Waals surface area contributed by atoms with Gasteiger partial charge < -0.3 is 0 Å². The van der Waals surface area contributed by atoms with Crippen molar-refractivity contribution in [3.8, 4) is 0 Å². The van der Waals surface area contributed by atoms with Gasteiger partial charge in [0.05, 0.1) is 9.73 Å². The lowest BCUT2D eigenvalue weighted by Crippen LogP contribution is -1.81. The second kappa shape index (κ2) is 1.43. The molecule has 0 rings (SSSR count). The molecule has 6 heavy (non-hydrogen) atoms. The molecule has 1 N–H and O–H groups in total. The lowest BCUT2D eigenvalue weighted by molar-refractivity contribution is 0.684. The average Bonchev–Trinajstić information content (AvgIpc) is 1.35. The van der Waals surface area contributed by atoms with Crippen LogP contribution in [0.2, 0.25) is 0 Å². The Bertz CT molecular complexity index is 121. The molecule has 0 aliphatic rings. The van der Waals surface area contributed by atoms with Crippen LogP contribution in [0.25, 0.3) is 0 Å². The fraction of sp³-hybridized carbons (Fsp3) is 0.333. The molecular weight excluding hydrogens is 98.1 g/mol. The maximum absolute atomic E-state index is 10.1. The Kier molecular flexibility index (Phi) is 1.35. The highest BCUT2D eigenvalue weighted by Crippen LogP contribution is 1.79. The van der Waals surface area contributed by atoms with Crippen LogP contribution in [0.1, 0.15) is 0 Å². The average molecular weight is 105 g/mol. The zero-order valence-electron chi connectivity index (χ0n) is 3.60. The van der Waals surface area contributed by atoms with Crippen LogP contribution in [-0.4, -0.2) is 10.5 Å². The maximum Gasteiger partial charge on any atom is 0.0622 e. The van der Waals surface area contributed by atoms with Crippen LogP contribution in [0.15, 0.2) is 12.0 Å². The Morgan fingerprint density at radius 2 is 2.17 bits per heavy atom. The van der Waals surface area contributed by atoms with Gasteiger partial charge in [0.1, 0.15) is 0 Å². The minimum Gasteiger partial charge on any atom is -0.250 e. The van der Waals surface area contributed by atoms with E-state index in [-0.39, 0.29) is 0 Å². The van der Waals surface area contributed by atoms with E-state index in [0.717, 1.165) is 5.41 Å².